The van der Waals surface area contributed by atoms with E-state index in [0.717, 1.165) is 83.6 Å². The van der Waals surface area contributed by atoms with E-state index in [4.69, 9.17) is 20.8 Å². The molecule has 2 saturated carbocycles. The first-order valence-corrected chi connectivity index (χ1v) is 12.5. The zero-order chi connectivity index (χ0) is 23.7. The molecule has 0 unspecified atom stereocenters. The Kier molecular flexibility index (Phi) is 4.72. The number of nitrogens with one attached hydrogen (secondary N) is 1. The largest absolute Gasteiger partial charge is 0.364 e. The van der Waals surface area contributed by atoms with Gasteiger partial charge in [0.2, 0.25) is 0 Å². The predicted octanol–water partition coefficient (Wildman–Crippen LogP) is 4.46. The molecule has 4 aromatic heterocycles. The summed E-state index contributed by atoms with van der Waals surface area (Å²) in [6, 6.07) is 2.04. The first kappa shape index (κ1) is 21.2. The Bertz CT molecular complexity index is 1450. The molecule has 0 atom stereocenters. The second-order valence-corrected chi connectivity index (χ2v) is 9.82. The fraction of sp³-hybridized carbons (Fsp3) is 0.520. The summed E-state index contributed by atoms with van der Waals surface area (Å²) < 4.78 is 6.22. The SMILES string of the molecule is CCCn1nc(Nc2nc3c(c(C4CC4)c(C(N)=O)n3CC)c3c2nc(C2CC2)n3C)cc1C. The summed E-state index contributed by atoms with van der Waals surface area (Å²) in [6.07, 6.45) is 5.49. The number of hydrogen-bond donors (Lipinski definition) is 2. The Labute approximate surface area is 198 Å². The van der Waals surface area contributed by atoms with E-state index in [0.29, 0.717) is 29.9 Å². The normalized spacial score (nSPS) is 16.1. The van der Waals surface area contributed by atoms with Crippen LogP contribution in [0.1, 0.15) is 85.4 Å². The van der Waals surface area contributed by atoms with Crippen molar-refractivity contribution >= 4 is 39.6 Å². The topological polar surface area (TPSA) is 109 Å². The van der Waals surface area contributed by atoms with Gasteiger partial charge in [-0.2, -0.15) is 5.10 Å². The van der Waals surface area contributed by atoms with Crippen molar-refractivity contribution in [2.75, 3.05) is 5.32 Å². The molecule has 9 heteroatoms. The average molecular weight is 461 g/mol. The number of imidazole rings is 1. The monoisotopic (exact) mass is 460 g/mol. The van der Waals surface area contributed by atoms with Crippen molar-refractivity contribution in [3.05, 3.63) is 28.8 Å². The lowest BCUT2D eigenvalue weighted by atomic mass is 10.1. The van der Waals surface area contributed by atoms with Gasteiger partial charge in [-0.1, -0.05) is 6.92 Å². The molecule has 178 valence electrons. The van der Waals surface area contributed by atoms with E-state index in [1.807, 2.05) is 22.2 Å². The third kappa shape index (κ3) is 3.13. The first-order valence-electron chi connectivity index (χ1n) is 12.5. The van der Waals surface area contributed by atoms with Gasteiger partial charge in [-0.25, -0.2) is 9.97 Å². The minimum Gasteiger partial charge on any atom is -0.364 e. The second-order valence-electron chi connectivity index (χ2n) is 9.82. The van der Waals surface area contributed by atoms with Crippen LogP contribution >= 0.6 is 0 Å². The van der Waals surface area contributed by atoms with Gasteiger partial charge in [0.05, 0.1) is 5.52 Å². The van der Waals surface area contributed by atoms with Crippen molar-refractivity contribution < 1.29 is 4.79 Å². The molecular formula is C25H32N8O. The van der Waals surface area contributed by atoms with Crippen LogP contribution in [0.5, 0.6) is 0 Å². The smallest absolute Gasteiger partial charge is 0.265 e. The maximum Gasteiger partial charge on any atom is 0.265 e. The van der Waals surface area contributed by atoms with Crippen molar-refractivity contribution in [2.24, 2.45) is 12.8 Å². The number of nitrogens with zero attached hydrogens (tertiary/aromatic N) is 6. The fourth-order valence-electron chi connectivity index (χ4n) is 5.37. The lowest BCUT2D eigenvalue weighted by Crippen LogP contribution is -2.18. The number of rotatable bonds is 8. The highest BCUT2D eigenvalue weighted by molar-refractivity contribution is 6.13. The Morgan fingerprint density at radius 3 is 2.53 bits per heavy atom. The molecule has 0 aliphatic heterocycles. The van der Waals surface area contributed by atoms with Crippen molar-refractivity contribution in [2.45, 2.75) is 77.8 Å². The summed E-state index contributed by atoms with van der Waals surface area (Å²) in [4.78, 5) is 22.8. The summed E-state index contributed by atoms with van der Waals surface area (Å²) in [5, 5.41) is 9.24. The summed E-state index contributed by atoms with van der Waals surface area (Å²) in [5.41, 5.74) is 11.4. The number of fused-ring (bicyclic) bond motifs is 3. The summed E-state index contributed by atoms with van der Waals surface area (Å²) in [5.74, 6) is 2.98. The van der Waals surface area contributed by atoms with Gasteiger partial charge in [-0.05, 0) is 57.4 Å². The number of primary amides is 1. The van der Waals surface area contributed by atoms with Crippen LogP contribution < -0.4 is 11.1 Å². The number of nitrogens with two attached hydrogens (primary N) is 1. The first-order chi connectivity index (χ1) is 16.4. The van der Waals surface area contributed by atoms with Gasteiger partial charge >= 0.3 is 0 Å². The van der Waals surface area contributed by atoms with E-state index in [9.17, 15) is 4.79 Å². The van der Waals surface area contributed by atoms with Crippen LogP contribution in [-0.2, 0) is 20.1 Å². The number of aromatic nitrogens is 6. The van der Waals surface area contributed by atoms with E-state index < -0.39 is 0 Å². The summed E-state index contributed by atoms with van der Waals surface area (Å²) in [7, 11) is 2.09. The quantitative estimate of drug-likeness (QED) is 0.404. The molecule has 0 spiro atoms. The van der Waals surface area contributed by atoms with Crippen LogP contribution in [0.4, 0.5) is 11.6 Å². The molecule has 4 aromatic rings. The standard InChI is InChI=1S/C25H32N8O/c1-5-11-33-13(3)12-16(30-33)27-23-19-20(31(4)24(28-19)15-9-10-15)18-17(14-7-8-14)21(22(26)34)32(6-2)25(18)29-23/h12,14-15H,5-11H2,1-4H3,(H2,26,34)(H,27,29,30). The minimum absolute atomic E-state index is 0.355. The number of amides is 1. The predicted molar refractivity (Wildman–Crippen MR) is 133 cm³/mol. The van der Waals surface area contributed by atoms with Gasteiger partial charge in [0.25, 0.3) is 5.91 Å². The van der Waals surface area contributed by atoms with Crippen LogP contribution in [-0.4, -0.2) is 34.8 Å². The Morgan fingerprint density at radius 1 is 1.18 bits per heavy atom. The van der Waals surface area contributed by atoms with Gasteiger partial charge in [0.1, 0.15) is 22.7 Å². The Morgan fingerprint density at radius 2 is 1.91 bits per heavy atom. The van der Waals surface area contributed by atoms with E-state index in [1.165, 1.54) is 0 Å². The lowest BCUT2D eigenvalue weighted by molar-refractivity contribution is 0.0991. The number of carbonyl (C=O) groups excluding carboxylic acids is 1. The molecular weight excluding hydrogens is 428 g/mol. The molecule has 1 amide bonds. The number of aryl methyl sites for hydroxylation is 4. The average Bonchev–Trinajstić information content (AvgIpc) is 3.72. The molecule has 2 aliphatic rings. The molecule has 6 rings (SSSR count). The van der Waals surface area contributed by atoms with Crippen molar-refractivity contribution in [3.8, 4) is 0 Å². The van der Waals surface area contributed by atoms with E-state index in [1.54, 1.807) is 0 Å². The highest BCUT2D eigenvalue weighted by Crippen LogP contribution is 2.49. The number of hydrogen-bond acceptors (Lipinski definition) is 5. The maximum atomic E-state index is 12.6. The minimum atomic E-state index is -0.386. The van der Waals surface area contributed by atoms with Gasteiger partial charge < -0.3 is 20.2 Å². The molecule has 0 aromatic carbocycles. The molecule has 2 fully saturated rings. The zero-order valence-electron chi connectivity index (χ0n) is 20.4. The number of pyridine rings is 1. The van der Waals surface area contributed by atoms with E-state index >= 15 is 0 Å². The molecule has 2 aliphatic carbocycles. The maximum absolute atomic E-state index is 12.6. The second kappa shape index (κ2) is 7.58. The van der Waals surface area contributed by atoms with Crippen molar-refractivity contribution in [3.63, 3.8) is 0 Å². The van der Waals surface area contributed by atoms with Crippen LogP contribution in [0.25, 0.3) is 22.1 Å². The van der Waals surface area contributed by atoms with Gasteiger partial charge in [-0.15, -0.1) is 0 Å². The molecule has 0 radical (unpaired) electrons. The number of carbonyl (C=O) groups is 1. The Hall–Kier alpha value is -3.36. The van der Waals surface area contributed by atoms with Crippen LogP contribution in [0.2, 0.25) is 0 Å². The van der Waals surface area contributed by atoms with Crippen LogP contribution in [0.15, 0.2) is 6.07 Å². The molecule has 9 nitrogen and oxygen atoms in total. The van der Waals surface area contributed by atoms with Crippen molar-refractivity contribution in [1.29, 1.82) is 0 Å². The van der Waals surface area contributed by atoms with Crippen LogP contribution in [0, 0.1) is 6.92 Å². The fourth-order valence-corrected chi connectivity index (χ4v) is 5.37. The zero-order valence-corrected chi connectivity index (χ0v) is 20.4. The van der Waals surface area contributed by atoms with Gasteiger partial charge in [-0.3, -0.25) is 9.48 Å². The third-order valence-electron chi connectivity index (χ3n) is 7.22. The summed E-state index contributed by atoms with van der Waals surface area (Å²) in [6.45, 7) is 7.74. The molecule has 34 heavy (non-hydrogen) atoms. The van der Waals surface area contributed by atoms with Gasteiger partial charge in [0.15, 0.2) is 11.6 Å². The van der Waals surface area contributed by atoms with Crippen molar-refractivity contribution in [1.82, 2.24) is 28.9 Å². The summed E-state index contributed by atoms with van der Waals surface area (Å²) >= 11 is 0. The highest BCUT2D eigenvalue weighted by atomic mass is 16.1. The number of anilines is 2. The highest BCUT2D eigenvalue weighted by Gasteiger charge is 2.37. The molecule has 4 heterocycles. The third-order valence-corrected chi connectivity index (χ3v) is 7.22. The Balaban J connectivity index is 1.64. The van der Waals surface area contributed by atoms with E-state index in [-0.39, 0.29) is 5.91 Å². The lowest BCUT2D eigenvalue weighted by Gasteiger charge is -2.08. The molecule has 0 saturated heterocycles. The van der Waals surface area contributed by atoms with Gasteiger partial charge in [0, 0.05) is 43.2 Å². The molecule has 3 N–H and O–H groups in total. The molecule has 0 bridgehead atoms. The van der Waals surface area contributed by atoms with Crippen LogP contribution in [0.3, 0.4) is 0 Å². The van der Waals surface area contributed by atoms with E-state index in [2.05, 4.69) is 30.8 Å².